The first-order chi connectivity index (χ1) is 18.7. The Balaban J connectivity index is 1.86. The van der Waals surface area contributed by atoms with Crippen molar-refractivity contribution in [2.45, 2.75) is 72.6 Å². The minimum absolute atomic E-state index is 0.286. The second-order valence-corrected chi connectivity index (χ2v) is 12.4. The predicted octanol–water partition coefficient (Wildman–Crippen LogP) is 7.71. The molecule has 40 heavy (non-hydrogen) atoms. The number of hydrogen-bond acceptors (Lipinski definition) is 6. The molecule has 0 bridgehead atoms. The van der Waals surface area contributed by atoms with Gasteiger partial charge in [-0.25, -0.2) is 19.2 Å². The van der Waals surface area contributed by atoms with Gasteiger partial charge in [-0.1, -0.05) is 13.0 Å². The Kier molecular flexibility index (Phi) is 8.21. The zero-order chi connectivity index (χ0) is 29.4. The van der Waals surface area contributed by atoms with Gasteiger partial charge >= 0.3 is 6.09 Å². The van der Waals surface area contributed by atoms with Gasteiger partial charge in [-0.3, -0.25) is 9.58 Å². The summed E-state index contributed by atoms with van der Waals surface area (Å²) in [6, 6.07) is 12.8. The van der Waals surface area contributed by atoms with Gasteiger partial charge in [0.05, 0.1) is 12.2 Å². The van der Waals surface area contributed by atoms with Gasteiger partial charge in [0.25, 0.3) is 0 Å². The largest absolute Gasteiger partial charge is 0.443 e. The molecule has 0 aliphatic carbocycles. The van der Waals surface area contributed by atoms with Gasteiger partial charge in [0.1, 0.15) is 23.1 Å². The molecular formula is C30H36BrFN6O2. The Morgan fingerprint density at radius 2 is 1.80 bits per heavy atom. The average molecular weight is 612 g/mol. The van der Waals surface area contributed by atoms with Crippen molar-refractivity contribution in [3.8, 4) is 0 Å². The molecule has 0 spiro atoms. The number of carbonyl (C=O) groups excluding carboxylic acids is 1. The molecule has 1 amide bonds. The van der Waals surface area contributed by atoms with Crippen LogP contribution in [0.1, 0.15) is 59.9 Å². The van der Waals surface area contributed by atoms with Gasteiger partial charge < -0.3 is 9.64 Å². The molecule has 4 aromatic rings. The van der Waals surface area contributed by atoms with Crippen LogP contribution in [0.15, 0.2) is 53.4 Å². The molecule has 2 aromatic heterocycles. The van der Waals surface area contributed by atoms with E-state index < -0.39 is 17.2 Å². The summed E-state index contributed by atoms with van der Waals surface area (Å²) in [5, 5.41) is 5.92. The van der Waals surface area contributed by atoms with Gasteiger partial charge in [-0.2, -0.15) is 0 Å². The third-order valence-corrected chi connectivity index (χ3v) is 6.67. The van der Waals surface area contributed by atoms with Crippen molar-refractivity contribution in [1.82, 2.24) is 19.7 Å². The second kappa shape index (κ2) is 11.2. The van der Waals surface area contributed by atoms with Gasteiger partial charge in [0.2, 0.25) is 4.73 Å². The number of ether oxygens (including phenoxy) is 1. The zero-order valence-electron chi connectivity index (χ0n) is 24.3. The number of benzene rings is 2. The molecule has 4 rings (SSSR count). The molecule has 0 atom stereocenters. The number of halogens is 2. The maximum Gasteiger partial charge on any atom is 0.416 e. The Labute approximate surface area is 243 Å². The lowest BCUT2D eigenvalue weighted by molar-refractivity contribution is 0.0549. The van der Waals surface area contributed by atoms with E-state index in [-0.39, 0.29) is 12.4 Å². The number of anilines is 3. The molecule has 212 valence electrons. The summed E-state index contributed by atoms with van der Waals surface area (Å²) in [5.74, 6) is 0.819. The quantitative estimate of drug-likeness (QED) is 0.222. The van der Waals surface area contributed by atoms with Crippen molar-refractivity contribution in [3.05, 3.63) is 70.6 Å². The van der Waals surface area contributed by atoms with Crippen LogP contribution in [0.5, 0.6) is 0 Å². The van der Waals surface area contributed by atoms with Crippen LogP contribution in [-0.2, 0) is 24.8 Å². The molecule has 0 N–H and O–H groups in total. The molecule has 10 heteroatoms. The lowest BCUT2D eigenvalue weighted by atomic mass is 10.0. The van der Waals surface area contributed by atoms with Crippen LogP contribution in [0.3, 0.4) is 0 Å². The van der Waals surface area contributed by atoms with Crippen molar-refractivity contribution in [2.75, 3.05) is 9.80 Å². The van der Waals surface area contributed by atoms with Crippen molar-refractivity contribution in [2.24, 2.45) is 7.05 Å². The lowest BCUT2D eigenvalue weighted by Crippen LogP contribution is -2.48. The highest BCUT2D eigenvalue weighted by Gasteiger charge is 2.34. The van der Waals surface area contributed by atoms with Crippen molar-refractivity contribution >= 4 is 50.0 Å². The number of rotatable bonds is 6. The van der Waals surface area contributed by atoms with Crippen LogP contribution < -0.4 is 9.80 Å². The number of nitrogens with zero attached hydrogens (tertiary/aromatic N) is 6. The fourth-order valence-corrected chi connectivity index (χ4v) is 4.89. The summed E-state index contributed by atoms with van der Waals surface area (Å²) < 4.78 is 23.2. The van der Waals surface area contributed by atoms with Gasteiger partial charge in [0.15, 0.2) is 0 Å². The first-order valence-electron chi connectivity index (χ1n) is 13.2. The maximum absolute atomic E-state index is 15.3. The predicted molar refractivity (Wildman–Crippen MR) is 161 cm³/mol. The molecule has 0 radical (unpaired) electrons. The number of carbonyl (C=O) groups is 1. The van der Waals surface area contributed by atoms with Crippen molar-refractivity contribution < 1.29 is 13.9 Å². The summed E-state index contributed by atoms with van der Waals surface area (Å²) in [6.07, 6.45) is 1.97. The first kappa shape index (κ1) is 29.5. The molecule has 0 saturated heterocycles. The molecule has 0 aliphatic rings. The maximum atomic E-state index is 15.3. The third-order valence-electron chi connectivity index (χ3n) is 6.33. The molecule has 0 fully saturated rings. The summed E-state index contributed by atoms with van der Waals surface area (Å²) in [7, 11) is 1.81. The SMILES string of the molecule is CCc1ccc(F)c(N(Cc2nc(Br)nn2C)c2ccc3c(N(C(=O)OC(C)(C)C)C(C)(C)C)nccc3c2)c1. The van der Waals surface area contributed by atoms with E-state index in [1.807, 2.05) is 83.7 Å². The van der Waals surface area contributed by atoms with Crippen molar-refractivity contribution in [1.29, 1.82) is 0 Å². The monoisotopic (exact) mass is 610 g/mol. The van der Waals surface area contributed by atoms with E-state index in [1.54, 1.807) is 28.9 Å². The van der Waals surface area contributed by atoms with Gasteiger partial charge in [0, 0.05) is 29.9 Å². The van der Waals surface area contributed by atoms with Crippen LogP contribution in [0.2, 0.25) is 0 Å². The topological polar surface area (TPSA) is 76.4 Å². The summed E-state index contributed by atoms with van der Waals surface area (Å²) in [5.41, 5.74) is 0.958. The highest BCUT2D eigenvalue weighted by molar-refractivity contribution is 9.10. The Morgan fingerprint density at radius 3 is 2.40 bits per heavy atom. The normalized spacial score (nSPS) is 12.1. The number of fused-ring (bicyclic) bond motifs is 1. The van der Waals surface area contributed by atoms with Crippen LogP contribution in [0.4, 0.5) is 26.4 Å². The fraction of sp³-hybridized carbons (Fsp3) is 0.400. The van der Waals surface area contributed by atoms with Crippen LogP contribution in [-0.4, -0.2) is 37.0 Å². The fourth-order valence-electron chi connectivity index (χ4n) is 4.44. The number of amides is 1. The lowest BCUT2D eigenvalue weighted by Gasteiger charge is -2.36. The molecular weight excluding hydrogens is 575 g/mol. The number of pyridine rings is 1. The van der Waals surface area contributed by atoms with E-state index in [9.17, 15) is 4.79 Å². The summed E-state index contributed by atoms with van der Waals surface area (Å²) >= 11 is 3.34. The summed E-state index contributed by atoms with van der Waals surface area (Å²) in [6.45, 7) is 13.7. The highest BCUT2D eigenvalue weighted by atomic mass is 79.9. The van der Waals surface area contributed by atoms with E-state index in [4.69, 9.17) is 4.74 Å². The number of aryl methyl sites for hydroxylation is 2. The number of aromatic nitrogens is 4. The molecule has 8 nitrogen and oxygen atoms in total. The van der Waals surface area contributed by atoms with Crippen LogP contribution >= 0.6 is 15.9 Å². The first-order valence-corrected chi connectivity index (χ1v) is 14.0. The van der Waals surface area contributed by atoms with Gasteiger partial charge in [-0.05, 0) is 111 Å². The van der Waals surface area contributed by atoms with E-state index in [2.05, 4.69) is 31.0 Å². The van der Waals surface area contributed by atoms with Crippen LogP contribution in [0.25, 0.3) is 10.8 Å². The smallest absolute Gasteiger partial charge is 0.416 e. The van der Waals surface area contributed by atoms with E-state index in [0.29, 0.717) is 22.1 Å². The Morgan fingerprint density at radius 1 is 1.07 bits per heavy atom. The summed E-state index contributed by atoms with van der Waals surface area (Å²) in [4.78, 5) is 25.9. The standard InChI is InChI=1S/C30H36BrFN6O2/c1-9-19-10-13-23(32)24(16-19)37(18-25-34-27(31)35-36(25)8)21-11-12-22-20(17-21)14-15-33-26(22)38(29(2,3)4)28(39)40-30(5,6)7/h10-17H,9,18H2,1-8H3. The molecule has 2 heterocycles. The highest BCUT2D eigenvalue weighted by Crippen LogP contribution is 2.36. The molecule has 0 aliphatic heterocycles. The van der Waals surface area contributed by atoms with E-state index >= 15 is 4.39 Å². The van der Waals surface area contributed by atoms with E-state index in [0.717, 1.165) is 28.4 Å². The molecule has 0 saturated carbocycles. The second-order valence-electron chi connectivity index (χ2n) is 11.7. The van der Waals surface area contributed by atoms with Crippen LogP contribution in [0, 0.1) is 5.82 Å². The third kappa shape index (κ3) is 6.43. The Bertz CT molecular complexity index is 1540. The average Bonchev–Trinajstić information content (AvgIpc) is 3.17. The number of hydrogen-bond donors (Lipinski definition) is 0. The van der Waals surface area contributed by atoms with Crippen molar-refractivity contribution in [3.63, 3.8) is 0 Å². The molecule has 0 unspecified atom stereocenters. The van der Waals surface area contributed by atoms with E-state index in [1.165, 1.54) is 6.07 Å². The minimum Gasteiger partial charge on any atom is -0.443 e. The zero-order valence-corrected chi connectivity index (χ0v) is 25.9. The molecule has 2 aromatic carbocycles. The Hall–Kier alpha value is -3.53. The minimum atomic E-state index is -0.662. The van der Waals surface area contributed by atoms with Gasteiger partial charge in [-0.15, -0.1) is 5.10 Å².